The molecular formula is C15H18ClN3O3. The summed E-state index contributed by atoms with van der Waals surface area (Å²) in [4.78, 5) is 27.5. The number of fused-ring (bicyclic) bond motifs is 1. The van der Waals surface area contributed by atoms with Crippen molar-refractivity contribution in [3.8, 4) is 0 Å². The van der Waals surface area contributed by atoms with Crippen LogP contribution in [0.4, 0.5) is 16.2 Å². The van der Waals surface area contributed by atoms with Gasteiger partial charge in [0.2, 0.25) is 0 Å². The molecule has 2 unspecified atom stereocenters. The first-order chi connectivity index (χ1) is 10.6. The van der Waals surface area contributed by atoms with Gasteiger partial charge in [-0.3, -0.25) is 4.79 Å². The zero-order chi connectivity index (χ0) is 15.7. The Balaban J connectivity index is 1.70. The number of aliphatic hydroxyl groups is 1. The van der Waals surface area contributed by atoms with E-state index in [4.69, 9.17) is 11.6 Å². The molecule has 0 bridgehead atoms. The summed E-state index contributed by atoms with van der Waals surface area (Å²) in [5.74, 6) is 0.0276. The summed E-state index contributed by atoms with van der Waals surface area (Å²) in [5, 5.41) is 12.5. The largest absolute Gasteiger partial charge is 0.390 e. The highest BCUT2D eigenvalue weighted by Gasteiger charge is 2.47. The maximum atomic E-state index is 12.3. The van der Waals surface area contributed by atoms with E-state index >= 15 is 0 Å². The molecule has 0 saturated carbocycles. The van der Waals surface area contributed by atoms with Gasteiger partial charge in [-0.15, -0.1) is 11.6 Å². The predicted molar refractivity (Wildman–Crippen MR) is 84.3 cm³/mol. The molecule has 2 N–H and O–H groups in total. The number of urea groups is 1. The van der Waals surface area contributed by atoms with E-state index in [0.717, 1.165) is 18.5 Å². The number of rotatable bonds is 5. The van der Waals surface area contributed by atoms with Crippen molar-refractivity contribution in [3.63, 3.8) is 0 Å². The summed E-state index contributed by atoms with van der Waals surface area (Å²) < 4.78 is 0. The standard InChI is InChI=1S/C15H18ClN3O3/c16-8-12(20)9-17-10-3-5-11(6-4-10)19-14(21)13-2-1-7-18(13)15(19)22/h3-6,12-13,17,20H,1-2,7-9H2. The molecule has 2 atom stereocenters. The number of aliphatic hydroxyl groups excluding tert-OH is 1. The Morgan fingerprint density at radius 2 is 2.05 bits per heavy atom. The summed E-state index contributed by atoms with van der Waals surface area (Å²) in [6.07, 6.45) is 1.02. The van der Waals surface area contributed by atoms with Gasteiger partial charge in [0.1, 0.15) is 6.04 Å². The zero-order valence-corrected chi connectivity index (χ0v) is 12.8. The van der Waals surface area contributed by atoms with Gasteiger partial charge in [0.15, 0.2) is 0 Å². The highest BCUT2D eigenvalue weighted by Crippen LogP contribution is 2.31. The molecule has 2 aliphatic rings. The molecule has 2 fully saturated rings. The Labute approximate surface area is 133 Å². The van der Waals surface area contributed by atoms with Crippen molar-refractivity contribution < 1.29 is 14.7 Å². The van der Waals surface area contributed by atoms with Gasteiger partial charge < -0.3 is 15.3 Å². The summed E-state index contributed by atoms with van der Waals surface area (Å²) in [6.45, 7) is 1.00. The van der Waals surface area contributed by atoms with E-state index in [-0.39, 0.29) is 23.9 Å². The van der Waals surface area contributed by atoms with Gasteiger partial charge in [0.25, 0.3) is 5.91 Å². The van der Waals surface area contributed by atoms with Gasteiger partial charge in [0.05, 0.1) is 17.7 Å². The third-order valence-corrected chi connectivity index (χ3v) is 4.40. The first-order valence-electron chi connectivity index (χ1n) is 7.34. The van der Waals surface area contributed by atoms with Crippen molar-refractivity contribution in [1.82, 2.24) is 4.90 Å². The minimum absolute atomic E-state index is 0.138. The lowest BCUT2D eigenvalue weighted by Crippen LogP contribution is -2.33. The van der Waals surface area contributed by atoms with Gasteiger partial charge >= 0.3 is 6.03 Å². The molecule has 1 aromatic carbocycles. The number of anilines is 2. The molecule has 7 heteroatoms. The van der Waals surface area contributed by atoms with Gasteiger partial charge in [-0.25, -0.2) is 9.69 Å². The smallest absolute Gasteiger partial charge is 0.332 e. The molecule has 2 heterocycles. The van der Waals surface area contributed by atoms with Crippen LogP contribution in [0.1, 0.15) is 12.8 Å². The second kappa shape index (κ2) is 6.14. The van der Waals surface area contributed by atoms with Crippen LogP contribution in [0.2, 0.25) is 0 Å². The number of halogens is 1. The normalized spacial score (nSPS) is 22.2. The quantitative estimate of drug-likeness (QED) is 0.638. The zero-order valence-electron chi connectivity index (χ0n) is 12.0. The lowest BCUT2D eigenvalue weighted by Gasteiger charge is -2.16. The van der Waals surface area contributed by atoms with Crippen LogP contribution in [-0.4, -0.2) is 53.1 Å². The minimum atomic E-state index is -0.616. The average molecular weight is 324 g/mol. The fourth-order valence-corrected chi connectivity index (χ4v) is 2.99. The Morgan fingerprint density at radius 1 is 1.32 bits per heavy atom. The number of carbonyl (C=O) groups is 2. The van der Waals surface area contributed by atoms with Crippen LogP contribution >= 0.6 is 11.6 Å². The fraction of sp³-hybridized carbons (Fsp3) is 0.467. The van der Waals surface area contributed by atoms with E-state index in [1.807, 2.05) is 0 Å². The lowest BCUT2D eigenvalue weighted by atomic mass is 10.2. The molecule has 0 aromatic heterocycles. The Hall–Kier alpha value is -1.79. The first kappa shape index (κ1) is 15.1. The number of nitrogens with zero attached hydrogens (tertiary/aromatic N) is 2. The maximum Gasteiger partial charge on any atom is 0.332 e. The summed E-state index contributed by atoms with van der Waals surface area (Å²) in [6, 6.07) is 6.50. The van der Waals surface area contributed by atoms with Crippen LogP contribution < -0.4 is 10.2 Å². The van der Waals surface area contributed by atoms with Gasteiger partial charge in [0, 0.05) is 18.8 Å². The molecule has 0 radical (unpaired) electrons. The molecule has 2 saturated heterocycles. The van der Waals surface area contributed by atoms with Crippen LogP contribution in [-0.2, 0) is 4.79 Å². The number of carbonyl (C=O) groups excluding carboxylic acids is 2. The number of hydrogen-bond donors (Lipinski definition) is 2. The summed E-state index contributed by atoms with van der Waals surface area (Å²) in [7, 11) is 0. The summed E-state index contributed by atoms with van der Waals surface area (Å²) >= 11 is 5.53. The molecule has 22 heavy (non-hydrogen) atoms. The van der Waals surface area contributed by atoms with Crippen molar-refractivity contribution in [2.24, 2.45) is 0 Å². The average Bonchev–Trinajstić information content (AvgIpc) is 3.10. The molecule has 6 nitrogen and oxygen atoms in total. The molecule has 3 rings (SSSR count). The second-order valence-corrected chi connectivity index (χ2v) is 5.85. The number of alkyl halides is 1. The fourth-order valence-electron chi connectivity index (χ4n) is 2.88. The van der Waals surface area contributed by atoms with Gasteiger partial charge in [-0.1, -0.05) is 0 Å². The van der Waals surface area contributed by atoms with Gasteiger partial charge in [-0.05, 0) is 37.1 Å². The van der Waals surface area contributed by atoms with E-state index in [2.05, 4.69) is 5.32 Å². The van der Waals surface area contributed by atoms with E-state index in [1.165, 1.54) is 4.90 Å². The molecule has 0 spiro atoms. The third kappa shape index (κ3) is 2.64. The number of amides is 3. The topological polar surface area (TPSA) is 72.9 Å². The molecule has 2 aliphatic heterocycles. The Morgan fingerprint density at radius 3 is 2.68 bits per heavy atom. The minimum Gasteiger partial charge on any atom is -0.390 e. The number of hydrogen-bond acceptors (Lipinski definition) is 4. The van der Waals surface area contributed by atoms with Crippen LogP contribution in [0.15, 0.2) is 24.3 Å². The van der Waals surface area contributed by atoms with Crippen molar-refractivity contribution in [3.05, 3.63) is 24.3 Å². The van der Waals surface area contributed by atoms with Crippen LogP contribution in [0, 0.1) is 0 Å². The monoisotopic (exact) mass is 323 g/mol. The van der Waals surface area contributed by atoms with E-state index < -0.39 is 6.10 Å². The predicted octanol–water partition coefficient (Wildman–Crippen LogP) is 1.63. The number of benzene rings is 1. The molecule has 118 valence electrons. The van der Waals surface area contributed by atoms with Gasteiger partial charge in [-0.2, -0.15) is 0 Å². The number of imide groups is 1. The van der Waals surface area contributed by atoms with Crippen LogP contribution in [0.25, 0.3) is 0 Å². The highest BCUT2D eigenvalue weighted by molar-refractivity contribution is 6.21. The van der Waals surface area contributed by atoms with Crippen molar-refractivity contribution >= 4 is 34.9 Å². The van der Waals surface area contributed by atoms with Crippen molar-refractivity contribution in [2.75, 3.05) is 29.2 Å². The maximum absolute atomic E-state index is 12.3. The highest BCUT2D eigenvalue weighted by atomic mass is 35.5. The van der Waals surface area contributed by atoms with Crippen LogP contribution in [0.5, 0.6) is 0 Å². The Bertz CT molecular complexity index is 556. The van der Waals surface area contributed by atoms with E-state index in [0.29, 0.717) is 18.8 Å². The lowest BCUT2D eigenvalue weighted by molar-refractivity contribution is -0.119. The van der Waals surface area contributed by atoms with Crippen molar-refractivity contribution in [2.45, 2.75) is 25.0 Å². The molecule has 3 amide bonds. The molecule has 0 aliphatic carbocycles. The molecule has 1 aromatic rings. The van der Waals surface area contributed by atoms with Crippen molar-refractivity contribution in [1.29, 1.82) is 0 Å². The SMILES string of the molecule is O=C1C2CCCN2C(=O)N1c1ccc(NCC(O)CCl)cc1. The van der Waals surface area contributed by atoms with E-state index in [9.17, 15) is 14.7 Å². The Kier molecular flexibility index (Phi) is 4.22. The van der Waals surface area contributed by atoms with E-state index in [1.54, 1.807) is 29.2 Å². The molecular weight excluding hydrogens is 306 g/mol. The number of nitrogens with one attached hydrogen (secondary N) is 1. The third-order valence-electron chi connectivity index (χ3n) is 4.04. The van der Waals surface area contributed by atoms with Crippen LogP contribution in [0.3, 0.4) is 0 Å². The summed E-state index contributed by atoms with van der Waals surface area (Å²) in [5.41, 5.74) is 1.38. The second-order valence-electron chi connectivity index (χ2n) is 5.54. The first-order valence-corrected chi connectivity index (χ1v) is 7.88.